The molecule has 0 fully saturated rings. The average molecular weight is 450 g/mol. The molecule has 2 heteroatoms. The van der Waals surface area contributed by atoms with Crippen LogP contribution in [0, 0.1) is 6.92 Å². The Morgan fingerprint density at radius 1 is 0.543 bits per heavy atom. The van der Waals surface area contributed by atoms with E-state index >= 15 is 0 Å². The molecule has 7 rings (SSSR count). The van der Waals surface area contributed by atoms with Crippen molar-refractivity contribution >= 4 is 43.4 Å². The van der Waals surface area contributed by atoms with Crippen LogP contribution in [0.4, 0.5) is 0 Å². The topological polar surface area (TPSA) is 8.81 Å². The van der Waals surface area contributed by atoms with E-state index in [1.54, 1.807) is 0 Å². The molecule has 0 saturated carbocycles. The first-order valence-corrected chi connectivity index (χ1v) is 12.1. The van der Waals surface area contributed by atoms with Crippen LogP contribution in [-0.2, 0) is 7.05 Å². The minimum atomic E-state index is 1.20. The number of hydrogen-bond acceptors (Lipinski definition) is 0. The summed E-state index contributed by atoms with van der Waals surface area (Å²) in [5.41, 5.74) is 7.49. The Balaban J connectivity index is 1.60. The van der Waals surface area contributed by atoms with Crippen molar-refractivity contribution in [1.82, 2.24) is 4.57 Å². The molecular weight excluding hydrogens is 424 g/mol. The fraction of sp³-hybridized carbons (Fsp3) is 0.0606. The quantitative estimate of drug-likeness (QED) is 0.237. The number of nitrogens with zero attached hydrogens (tertiary/aromatic N) is 2. The third-order valence-electron chi connectivity index (χ3n) is 7.40. The number of rotatable bonds is 2. The highest BCUT2D eigenvalue weighted by molar-refractivity contribution is 6.11. The normalized spacial score (nSPS) is 11.7. The zero-order valence-corrected chi connectivity index (χ0v) is 19.9. The van der Waals surface area contributed by atoms with E-state index in [4.69, 9.17) is 0 Å². The number of benzene rings is 5. The van der Waals surface area contributed by atoms with Crippen LogP contribution in [0.1, 0.15) is 5.56 Å². The van der Waals surface area contributed by atoms with E-state index in [0.717, 1.165) is 0 Å². The summed E-state index contributed by atoms with van der Waals surface area (Å²) >= 11 is 0. The monoisotopic (exact) mass is 449 g/mol. The molecule has 5 aromatic carbocycles. The molecule has 0 atom stereocenters. The van der Waals surface area contributed by atoms with Gasteiger partial charge in [0.1, 0.15) is 12.7 Å². The van der Waals surface area contributed by atoms with Gasteiger partial charge in [-0.2, -0.15) is 4.57 Å². The van der Waals surface area contributed by atoms with Crippen LogP contribution < -0.4 is 4.57 Å². The van der Waals surface area contributed by atoms with Crippen molar-refractivity contribution in [3.8, 4) is 16.9 Å². The highest BCUT2D eigenvalue weighted by Crippen LogP contribution is 2.37. The van der Waals surface area contributed by atoms with E-state index in [1.807, 2.05) is 0 Å². The number of hydrogen-bond donors (Lipinski definition) is 0. The summed E-state index contributed by atoms with van der Waals surface area (Å²) in [6.45, 7) is 2.24. The van der Waals surface area contributed by atoms with Gasteiger partial charge in [-0.25, -0.2) is 0 Å². The fourth-order valence-electron chi connectivity index (χ4n) is 5.80. The van der Waals surface area contributed by atoms with Crippen molar-refractivity contribution in [1.29, 1.82) is 0 Å². The van der Waals surface area contributed by atoms with Crippen molar-refractivity contribution in [2.75, 3.05) is 0 Å². The summed E-state index contributed by atoms with van der Waals surface area (Å²) in [5, 5.41) is 7.66. The lowest BCUT2D eigenvalue weighted by Crippen LogP contribution is -2.32. The van der Waals surface area contributed by atoms with Gasteiger partial charge in [0.25, 0.3) is 0 Å². The molecule has 166 valence electrons. The Labute approximate surface area is 204 Å². The lowest BCUT2D eigenvalue weighted by molar-refractivity contribution is -0.658. The van der Waals surface area contributed by atoms with Crippen molar-refractivity contribution in [3.05, 3.63) is 121 Å². The highest BCUT2D eigenvalue weighted by atomic mass is 15.0. The molecule has 0 aliphatic rings. The van der Waals surface area contributed by atoms with Gasteiger partial charge in [0.15, 0.2) is 6.20 Å². The molecule has 0 N–H and O–H groups in total. The van der Waals surface area contributed by atoms with Crippen molar-refractivity contribution in [2.45, 2.75) is 6.92 Å². The van der Waals surface area contributed by atoms with Crippen LogP contribution in [0.2, 0.25) is 0 Å². The average Bonchev–Trinajstić information content (AvgIpc) is 3.24. The molecule has 35 heavy (non-hydrogen) atoms. The van der Waals surface area contributed by atoms with Crippen LogP contribution >= 0.6 is 0 Å². The second-order valence-electron chi connectivity index (χ2n) is 9.35. The first-order chi connectivity index (χ1) is 17.2. The predicted octanol–water partition coefficient (Wildman–Crippen LogP) is 7.89. The summed E-state index contributed by atoms with van der Waals surface area (Å²) in [7, 11) is 2.17. The Bertz CT molecular complexity index is 1870. The maximum atomic E-state index is 2.42. The van der Waals surface area contributed by atoms with Crippen LogP contribution in [-0.4, -0.2) is 4.57 Å². The zero-order valence-electron chi connectivity index (χ0n) is 19.9. The summed E-state index contributed by atoms with van der Waals surface area (Å²) in [5.74, 6) is 0. The van der Waals surface area contributed by atoms with Crippen LogP contribution in [0.25, 0.3) is 60.3 Å². The molecule has 0 aliphatic heterocycles. The lowest BCUT2D eigenvalue weighted by atomic mass is 9.94. The first kappa shape index (κ1) is 20.0. The minimum Gasteiger partial charge on any atom is -0.303 e. The zero-order chi connectivity index (χ0) is 23.5. The van der Waals surface area contributed by atoms with E-state index in [-0.39, 0.29) is 0 Å². The summed E-state index contributed by atoms with van der Waals surface area (Å²) in [4.78, 5) is 0. The third-order valence-corrected chi connectivity index (χ3v) is 7.40. The molecule has 0 saturated heterocycles. The van der Waals surface area contributed by atoms with E-state index < -0.39 is 0 Å². The maximum Gasteiger partial charge on any atom is 0.220 e. The van der Waals surface area contributed by atoms with E-state index in [9.17, 15) is 0 Å². The van der Waals surface area contributed by atoms with Gasteiger partial charge in [-0.15, -0.1) is 0 Å². The molecule has 0 unspecified atom stereocenters. The second kappa shape index (κ2) is 7.54. The van der Waals surface area contributed by atoms with Gasteiger partial charge in [-0.05, 0) is 47.5 Å². The number of aromatic nitrogens is 2. The first-order valence-electron chi connectivity index (χ1n) is 12.1. The molecule has 0 spiro atoms. The van der Waals surface area contributed by atoms with E-state index in [1.165, 1.54) is 65.9 Å². The Morgan fingerprint density at radius 3 is 1.77 bits per heavy atom. The third kappa shape index (κ3) is 2.87. The van der Waals surface area contributed by atoms with E-state index in [0.29, 0.717) is 0 Å². The Morgan fingerprint density at radius 2 is 1.09 bits per heavy atom. The summed E-state index contributed by atoms with van der Waals surface area (Å²) < 4.78 is 4.72. The van der Waals surface area contributed by atoms with Crippen molar-refractivity contribution in [3.63, 3.8) is 0 Å². The molecule has 0 radical (unpaired) electrons. The number of pyridine rings is 1. The molecule has 2 heterocycles. The van der Waals surface area contributed by atoms with Gasteiger partial charge < -0.3 is 4.57 Å². The number of para-hydroxylation sites is 2. The Hall–Kier alpha value is -4.43. The highest BCUT2D eigenvalue weighted by Gasteiger charge is 2.23. The van der Waals surface area contributed by atoms with Crippen LogP contribution in [0.5, 0.6) is 0 Å². The molecule has 2 aromatic heterocycles. The van der Waals surface area contributed by atoms with Crippen LogP contribution in [0.3, 0.4) is 0 Å². The molecule has 0 amide bonds. The van der Waals surface area contributed by atoms with Gasteiger partial charge in [0.05, 0.1) is 22.0 Å². The predicted molar refractivity (Wildman–Crippen MR) is 147 cm³/mol. The standard InChI is InChI=1S/C33H25N2/c1-22-24-12-4-3-11-23(24)19-20-25(22)33-29-16-6-5-15-28(29)32(21-34(33)2)35-30-17-9-7-13-26(30)27-14-8-10-18-31(27)35/h3-21H,1-2H3/q+1. The maximum absolute atomic E-state index is 2.42. The summed E-state index contributed by atoms with van der Waals surface area (Å²) in [6.07, 6.45) is 2.30. The molecule has 7 aromatic rings. The van der Waals surface area contributed by atoms with Crippen molar-refractivity contribution in [2.24, 2.45) is 7.05 Å². The SMILES string of the molecule is Cc1c(-c2c3ccccc3c(-n3c4ccccc4c4ccccc43)c[n+]2C)ccc2ccccc12. The van der Waals surface area contributed by atoms with Crippen LogP contribution in [0.15, 0.2) is 115 Å². The number of fused-ring (bicyclic) bond motifs is 5. The Kier molecular flexibility index (Phi) is 4.31. The lowest BCUT2D eigenvalue weighted by Gasteiger charge is -2.14. The van der Waals surface area contributed by atoms with E-state index in [2.05, 4.69) is 138 Å². The number of aryl methyl sites for hydroxylation is 2. The molecular formula is C33H25N2+. The fourth-order valence-corrected chi connectivity index (χ4v) is 5.80. The van der Waals surface area contributed by atoms with Crippen molar-refractivity contribution < 1.29 is 4.57 Å². The van der Waals surface area contributed by atoms with Gasteiger partial charge in [-0.3, -0.25) is 0 Å². The van der Waals surface area contributed by atoms with Gasteiger partial charge in [0, 0.05) is 16.2 Å². The summed E-state index contributed by atoms with van der Waals surface area (Å²) in [6, 6.07) is 39.4. The van der Waals surface area contributed by atoms with Gasteiger partial charge in [0.2, 0.25) is 5.69 Å². The second-order valence-corrected chi connectivity index (χ2v) is 9.35. The molecule has 0 bridgehead atoms. The largest absolute Gasteiger partial charge is 0.303 e. The molecule has 2 nitrogen and oxygen atoms in total. The van der Waals surface area contributed by atoms with Gasteiger partial charge >= 0.3 is 0 Å². The molecule has 0 aliphatic carbocycles. The smallest absolute Gasteiger partial charge is 0.220 e. The van der Waals surface area contributed by atoms with Gasteiger partial charge in [-0.1, -0.05) is 84.9 Å². The minimum absolute atomic E-state index is 1.20.